The largest absolute Gasteiger partial charge is 0.458 e. The summed E-state index contributed by atoms with van der Waals surface area (Å²) in [5.41, 5.74) is 15.7. The fraction of sp³-hybridized carbons (Fsp3) is 0.0612. The summed E-state index contributed by atoms with van der Waals surface area (Å²) in [5, 5.41) is 2.66. The maximum absolute atomic E-state index is 6.86. The molecule has 0 spiro atoms. The SMILES string of the molecule is C=Cc1oc2ccc(-c3nc(-c4ccccc4)nc(-c4cccc5oc6c(c45)CCC=C6)n3)cc2c1C(=C)C(N)=Nc1c(Cc2ccccc2)oc2ccccc12. The highest BCUT2D eigenvalue weighted by Crippen LogP contribution is 2.40. The van der Waals surface area contributed by atoms with Crippen molar-refractivity contribution in [1.82, 2.24) is 15.0 Å². The lowest BCUT2D eigenvalue weighted by atomic mass is 9.97. The number of nitrogens with zero attached hydrogens (tertiary/aromatic N) is 4. The number of nitrogens with two attached hydrogens (primary N) is 1. The van der Waals surface area contributed by atoms with Gasteiger partial charge in [-0.25, -0.2) is 19.9 Å². The van der Waals surface area contributed by atoms with Gasteiger partial charge < -0.3 is 19.0 Å². The van der Waals surface area contributed by atoms with Crippen LogP contribution >= 0.6 is 0 Å². The number of aromatic nitrogens is 3. The number of hydrogen-bond donors (Lipinski definition) is 1. The van der Waals surface area contributed by atoms with Crippen LogP contribution in [0.3, 0.4) is 0 Å². The van der Waals surface area contributed by atoms with Crippen LogP contribution in [-0.4, -0.2) is 20.8 Å². The van der Waals surface area contributed by atoms with Crippen molar-refractivity contribution >= 4 is 62.2 Å². The van der Waals surface area contributed by atoms with Crippen molar-refractivity contribution in [2.75, 3.05) is 0 Å². The van der Waals surface area contributed by atoms with E-state index in [9.17, 15) is 0 Å². The maximum atomic E-state index is 6.86. The molecule has 5 aromatic carbocycles. The summed E-state index contributed by atoms with van der Waals surface area (Å²) < 4.78 is 18.9. The summed E-state index contributed by atoms with van der Waals surface area (Å²) in [7, 11) is 0. The molecule has 0 bridgehead atoms. The molecule has 57 heavy (non-hydrogen) atoms. The summed E-state index contributed by atoms with van der Waals surface area (Å²) in [5.74, 6) is 3.97. The molecule has 0 amide bonds. The second-order valence-electron chi connectivity index (χ2n) is 14.0. The molecule has 0 aliphatic heterocycles. The summed E-state index contributed by atoms with van der Waals surface area (Å²) in [6, 6.07) is 39.8. The molecule has 0 unspecified atom stereocenters. The van der Waals surface area contributed by atoms with Gasteiger partial charge in [-0.2, -0.15) is 0 Å². The molecule has 8 nitrogen and oxygen atoms in total. The average Bonchev–Trinajstić information content (AvgIpc) is 3.94. The third kappa shape index (κ3) is 6.04. The number of furan rings is 3. The Balaban J connectivity index is 1.10. The van der Waals surface area contributed by atoms with Crippen molar-refractivity contribution in [3.05, 3.63) is 175 Å². The first-order valence-corrected chi connectivity index (χ1v) is 18.8. The molecular formula is C49H35N5O3. The van der Waals surface area contributed by atoms with Crippen LogP contribution in [0.25, 0.3) is 84.8 Å². The predicted octanol–water partition coefficient (Wildman–Crippen LogP) is 12.0. The van der Waals surface area contributed by atoms with Crippen molar-refractivity contribution < 1.29 is 13.3 Å². The number of rotatable bonds is 9. The van der Waals surface area contributed by atoms with Gasteiger partial charge in [0.05, 0.1) is 0 Å². The summed E-state index contributed by atoms with van der Waals surface area (Å²) in [6.45, 7) is 8.50. The lowest BCUT2D eigenvalue weighted by Gasteiger charge is -2.11. The second-order valence-corrected chi connectivity index (χ2v) is 14.0. The molecule has 274 valence electrons. The molecule has 0 atom stereocenters. The predicted molar refractivity (Wildman–Crippen MR) is 229 cm³/mol. The Hall–Kier alpha value is -7.58. The molecule has 8 heteroatoms. The molecule has 0 saturated carbocycles. The first-order valence-electron chi connectivity index (χ1n) is 18.8. The topological polar surface area (TPSA) is 116 Å². The number of para-hydroxylation sites is 1. The van der Waals surface area contributed by atoms with Crippen molar-refractivity contribution in [1.29, 1.82) is 0 Å². The Labute approximate surface area is 328 Å². The van der Waals surface area contributed by atoms with E-state index in [1.165, 1.54) is 5.56 Å². The van der Waals surface area contributed by atoms with E-state index in [2.05, 4.69) is 43.5 Å². The summed E-state index contributed by atoms with van der Waals surface area (Å²) >= 11 is 0. The quantitative estimate of drug-likeness (QED) is 0.116. The minimum Gasteiger partial charge on any atom is -0.458 e. The molecule has 4 aromatic heterocycles. The molecule has 0 fully saturated rings. The van der Waals surface area contributed by atoms with Gasteiger partial charge in [0.25, 0.3) is 0 Å². The Kier molecular flexibility index (Phi) is 8.29. The van der Waals surface area contributed by atoms with Gasteiger partial charge in [0.15, 0.2) is 17.5 Å². The molecular weight excluding hydrogens is 707 g/mol. The molecule has 1 aliphatic carbocycles. The van der Waals surface area contributed by atoms with Gasteiger partial charge in [-0.05, 0) is 67.0 Å². The minimum atomic E-state index is 0.229. The fourth-order valence-electron chi connectivity index (χ4n) is 7.69. The lowest BCUT2D eigenvalue weighted by Crippen LogP contribution is -2.13. The van der Waals surface area contributed by atoms with Gasteiger partial charge in [-0.15, -0.1) is 0 Å². The number of benzene rings is 5. The molecule has 2 N–H and O–H groups in total. The zero-order chi connectivity index (χ0) is 38.5. The second kappa shape index (κ2) is 13.9. The van der Waals surface area contributed by atoms with Crippen LogP contribution in [0, 0.1) is 0 Å². The number of aliphatic imine (C=N–C) groups is 1. The highest BCUT2D eigenvalue weighted by atomic mass is 16.3. The molecule has 4 heterocycles. The van der Waals surface area contributed by atoms with Crippen LogP contribution in [0.5, 0.6) is 0 Å². The van der Waals surface area contributed by atoms with Crippen molar-refractivity contribution in [3.63, 3.8) is 0 Å². The smallest absolute Gasteiger partial charge is 0.164 e. The first-order chi connectivity index (χ1) is 28.0. The Morgan fingerprint density at radius 2 is 1.44 bits per heavy atom. The van der Waals surface area contributed by atoms with Crippen LogP contribution in [0.2, 0.25) is 0 Å². The van der Waals surface area contributed by atoms with Gasteiger partial charge in [0, 0.05) is 56.0 Å². The Morgan fingerprint density at radius 3 is 2.26 bits per heavy atom. The van der Waals surface area contributed by atoms with Crippen molar-refractivity contribution in [3.8, 4) is 34.2 Å². The normalized spacial score (nSPS) is 12.7. The van der Waals surface area contributed by atoms with Gasteiger partial charge in [-0.1, -0.05) is 104 Å². The lowest BCUT2D eigenvalue weighted by molar-refractivity contribution is 0.564. The number of fused-ring (bicyclic) bond motifs is 5. The van der Waals surface area contributed by atoms with Crippen molar-refractivity contribution in [2.24, 2.45) is 10.7 Å². The van der Waals surface area contributed by atoms with E-state index in [0.717, 1.165) is 68.2 Å². The molecule has 9 aromatic rings. The third-order valence-corrected chi connectivity index (χ3v) is 10.4. The monoisotopic (exact) mass is 741 g/mol. The van der Waals surface area contributed by atoms with E-state index in [1.807, 2.05) is 103 Å². The van der Waals surface area contributed by atoms with Crippen LogP contribution in [-0.2, 0) is 12.8 Å². The highest BCUT2D eigenvalue weighted by molar-refractivity contribution is 6.26. The maximum Gasteiger partial charge on any atom is 0.164 e. The summed E-state index contributed by atoms with van der Waals surface area (Å²) in [4.78, 5) is 20.2. The first kappa shape index (κ1) is 33.9. The molecule has 10 rings (SSSR count). The van der Waals surface area contributed by atoms with Gasteiger partial charge in [0.1, 0.15) is 45.6 Å². The Bertz CT molecular complexity index is 3090. The zero-order valence-electron chi connectivity index (χ0n) is 30.9. The minimum absolute atomic E-state index is 0.229. The number of amidine groups is 1. The molecule has 0 saturated heterocycles. The van der Waals surface area contributed by atoms with E-state index in [-0.39, 0.29) is 5.84 Å². The highest BCUT2D eigenvalue weighted by Gasteiger charge is 2.23. The van der Waals surface area contributed by atoms with E-state index in [4.69, 9.17) is 38.9 Å². The van der Waals surface area contributed by atoms with E-state index in [1.54, 1.807) is 6.08 Å². The number of aryl methyl sites for hydroxylation is 1. The standard InChI is InChI=1S/C49H35N5O3/c1-3-37-43(29(2)46(50)51-45-34-20-11-13-23-39(34)57-42(45)27-30-15-6-4-7-16-30)36-28-32(25-26-40(36)55-37)48-52-47(31-17-8-5-9-18-31)53-49(54-48)35-21-14-24-41-44(35)33-19-10-12-22-38(33)56-41/h3-9,11-18,20-26,28H,1-2,10,19,27H2,(H2,50,51). The van der Waals surface area contributed by atoms with Gasteiger partial charge >= 0.3 is 0 Å². The van der Waals surface area contributed by atoms with Crippen molar-refractivity contribution in [2.45, 2.75) is 19.3 Å². The number of allylic oxidation sites excluding steroid dienone is 1. The van der Waals surface area contributed by atoms with Crippen LogP contribution in [0.4, 0.5) is 5.69 Å². The van der Waals surface area contributed by atoms with E-state index in [0.29, 0.717) is 57.8 Å². The van der Waals surface area contributed by atoms with Gasteiger partial charge in [0.2, 0.25) is 0 Å². The van der Waals surface area contributed by atoms with Gasteiger partial charge in [-0.3, -0.25) is 0 Å². The number of hydrogen-bond acceptors (Lipinski definition) is 7. The molecule has 0 radical (unpaired) electrons. The summed E-state index contributed by atoms with van der Waals surface area (Å²) in [6.07, 6.45) is 8.25. The third-order valence-electron chi connectivity index (χ3n) is 10.4. The van der Waals surface area contributed by atoms with Crippen LogP contribution in [0.1, 0.15) is 40.4 Å². The van der Waals surface area contributed by atoms with Crippen LogP contribution < -0.4 is 5.73 Å². The average molecular weight is 742 g/mol. The van der Waals surface area contributed by atoms with E-state index < -0.39 is 0 Å². The zero-order valence-corrected chi connectivity index (χ0v) is 30.9. The van der Waals surface area contributed by atoms with E-state index >= 15 is 0 Å². The Morgan fingerprint density at radius 1 is 0.719 bits per heavy atom. The molecule has 1 aliphatic rings. The van der Waals surface area contributed by atoms with Crippen LogP contribution in [0.15, 0.2) is 159 Å². The fourth-order valence-corrected chi connectivity index (χ4v) is 7.69.